The normalized spacial score (nSPS) is 32.1. The van der Waals surface area contributed by atoms with E-state index in [1.807, 2.05) is 0 Å². The highest BCUT2D eigenvalue weighted by Crippen LogP contribution is 2.64. The van der Waals surface area contributed by atoms with Gasteiger partial charge in [-0.3, -0.25) is 112 Å². The fraction of sp³-hybridized carbons (Fsp3) is 0.620. The van der Waals surface area contributed by atoms with Crippen molar-refractivity contribution in [3.8, 4) is 0 Å². The molecule has 17 rings (SSSR count). The maximum Gasteiger partial charge on any atom is 0.472 e. The Morgan fingerprint density at radius 3 is 1.42 bits per heavy atom. The smallest absolute Gasteiger partial charge is 0.394 e. The van der Waals surface area contributed by atoms with Gasteiger partial charge in [0.15, 0.2) is 58.7 Å². The molecule has 9 aromatic rings. The zero-order chi connectivity index (χ0) is 103. The molecule has 0 saturated carbocycles. The van der Waals surface area contributed by atoms with Crippen molar-refractivity contribution in [2.75, 3.05) is 105 Å². The highest BCUT2D eigenvalue weighted by molar-refractivity contribution is 8.44. The van der Waals surface area contributed by atoms with Gasteiger partial charge in [-0.1, -0.05) is 12.2 Å². The molecule has 72 heteroatoms. The SMILES string of the molecule is COCCO[C@H]1C(OP(=O)(O)OC[C@]23OC(n4cnc5c(=O)[nH]c(N)nc54)[C@@H](O[C@H]2C)C3OP(O)(=S)OC[C@H]2O[C@@H](n3cc(C)c(=O)[nH]c3=O)CC2OP(=O)(S)OC[C@H]2O[C@@H](n3cc(C)c(=O)[nH]c3=O)CC2OP(O)(=S)OC)[C@@H](COP(=O)(O)OC2[C@@H]3O[C@@H](C)[C@]2(COP(O)(=S)OC2[C@H](OCCOC)C(n4cnc5c(N)ncnc54)O[C@@H]2CO)OC3n2cnc3c(=O)[nH]c(N)nc32)OC1n1cc(C)c(=O)[nH]c1=O. The van der Waals surface area contributed by atoms with Crippen molar-refractivity contribution in [1.82, 2.24) is 87.2 Å². The van der Waals surface area contributed by atoms with Crippen LogP contribution in [0.15, 0.2) is 82.3 Å². The van der Waals surface area contributed by atoms with Crippen LogP contribution in [0.2, 0.25) is 0 Å². The maximum atomic E-state index is 15.5. The number of nitrogen functional groups attached to an aromatic ring is 3. The number of ether oxygens (including phenoxy) is 12. The molecule has 9 aromatic heterocycles. The number of anilines is 3. The van der Waals surface area contributed by atoms with E-state index in [9.17, 15) is 72.5 Å². The molecular weight excluding hydrogens is 2120 g/mol. The topological polar surface area (TPSA) is 807 Å². The van der Waals surface area contributed by atoms with E-state index in [-0.39, 0.29) is 82.2 Å². The number of nitrogens with two attached hydrogens (primary N) is 3. The Labute approximate surface area is 820 Å². The van der Waals surface area contributed by atoms with Gasteiger partial charge in [0, 0.05) is 69.5 Å². The van der Waals surface area contributed by atoms with Gasteiger partial charge in [-0.25, -0.2) is 53.0 Å². The summed E-state index contributed by atoms with van der Waals surface area (Å²) in [5, 5.41) is 10.9. The quantitative estimate of drug-likeness (QED) is 0.0110. The summed E-state index contributed by atoms with van der Waals surface area (Å²) in [5.41, 5.74) is 5.77. The van der Waals surface area contributed by atoms with Crippen LogP contribution in [0.1, 0.15) is 80.7 Å². The average Bonchev–Trinajstić information content (AvgIpc) is 1.54. The molecule has 8 fully saturated rings. The minimum absolute atomic E-state index is 0.00742. The molecular formula is C71H95N21O41P6S4. The van der Waals surface area contributed by atoms with Gasteiger partial charge in [0.05, 0.1) is 103 Å². The molecule has 0 spiro atoms. The van der Waals surface area contributed by atoms with Crippen LogP contribution in [0.3, 0.4) is 0 Å². The zero-order valence-electron chi connectivity index (χ0n) is 75.6. The number of aryl methyl sites for hydroxylation is 3. The van der Waals surface area contributed by atoms with Crippen LogP contribution >= 0.6 is 54.8 Å². The molecule has 784 valence electrons. The molecule has 0 aliphatic carbocycles. The number of aromatic amines is 5. The van der Waals surface area contributed by atoms with E-state index in [0.717, 1.165) is 50.4 Å². The van der Waals surface area contributed by atoms with Gasteiger partial charge in [-0.15, -0.1) is 0 Å². The molecule has 8 aliphatic rings. The molecule has 0 radical (unpaired) electrons. The molecule has 0 aromatic carbocycles. The number of aromatic nitrogens is 18. The molecule has 30 atom stereocenters. The first-order chi connectivity index (χ1) is 67.6. The number of aliphatic hydroxyl groups is 1. The van der Waals surface area contributed by atoms with E-state index in [1.165, 1.54) is 76.8 Å². The second-order valence-electron chi connectivity index (χ2n) is 33.6. The van der Waals surface area contributed by atoms with Crippen molar-refractivity contribution in [1.29, 1.82) is 0 Å². The van der Waals surface area contributed by atoms with Crippen molar-refractivity contribution >= 4 is 141 Å². The van der Waals surface area contributed by atoms with E-state index < -0.39 is 298 Å². The van der Waals surface area contributed by atoms with Crippen LogP contribution in [0.25, 0.3) is 33.5 Å². The Kier molecular flexibility index (Phi) is 31.2. The Hall–Kier alpha value is -7.52. The summed E-state index contributed by atoms with van der Waals surface area (Å²) in [6.45, 7) is -18.6. The van der Waals surface area contributed by atoms with Crippen LogP contribution in [0.4, 0.5) is 17.7 Å². The molecule has 17 N–H and O–H groups in total. The summed E-state index contributed by atoms with van der Waals surface area (Å²) in [5.74, 6) is -0.811. The molecule has 8 aliphatic heterocycles. The summed E-state index contributed by atoms with van der Waals surface area (Å²) >= 11 is 20.8. The van der Waals surface area contributed by atoms with Gasteiger partial charge in [-0.2, -0.15) is 9.97 Å². The second-order valence-corrected chi connectivity index (χ2v) is 47.8. The van der Waals surface area contributed by atoms with Gasteiger partial charge < -0.3 is 122 Å². The summed E-state index contributed by atoms with van der Waals surface area (Å²) in [7, 11) is -8.13. The van der Waals surface area contributed by atoms with Gasteiger partial charge >= 0.3 is 59.7 Å². The lowest BCUT2D eigenvalue weighted by Gasteiger charge is -2.37. The first-order valence-corrected chi connectivity index (χ1v) is 56.3. The lowest BCUT2D eigenvalue weighted by molar-refractivity contribution is -0.215. The van der Waals surface area contributed by atoms with Crippen molar-refractivity contribution in [2.24, 2.45) is 0 Å². The Morgan fingerprint density at radius 1 is 0.462 bits per heavy atom. The number of aliphatic hydroxyl groups excluding tert-OH is 1. The van der Waals surface area contributed by atoms with Crippen LogP contribution < -0.4 is 62.1 Å². The van der Waals surface area contributed by atoms with Gasteiger partial charge in [-0.05, 0) is 70.0 Å². The van der Waals surface area contributed by atoms with Crippen LogP contribution in [-0.2, 0) is 160 Å². The van der Waals surface area contributed by atoms with Gasteiger partial charge in [0.1, 0.15) is 115 Å². The van der Waals surface area contributed by atoms with Crippen molar-refractivity contribution < 1.29 is 154 Å². The minimum Gasteiger partial charge on any atom is -0.394 e. The van der Waals surface area contributed by atoms with Crippen molar-refractivity contribution in [3.63, 3.8) is 0 Å². The van der Waals surface area contributed by atoms with Crippen LogP contribution in [-0.4, -0.2) is 313 Å². The van der Waals surface area contributed by atoms with Crippen molar-refractivity contribution in [3.05, 3.63) is 144 Å². The summed E-state index contributed by atoms with van der Waals surface area (Å²) in [6.07, 6.45) is -27.5. The number of nitrogens with one attached hydrogen (secondary N) is 5. The third-order valence-electron chi connectivity index (χ3n) is 24.5. The second kappa shape index (κ2) is 41.8. The highest BCUT2D eigenvalue weighted by atomic mass is 32.7. The molecule has 143 heavy (non-hydrogen) atoms. The first-order valence-electron chi connectivity index (χ1n) is 42.9. The Morgan fingerprint density at radius 2 is 0.902 bits per heavy atom. The number of rotatable bonds is 43. The summed E-state index contributed by atoms with van der Waals surface area (Å²) in [6, 6.07) is 0. The number of imidazole rings is 3. The number of nitrogens with zero attached hydrogens (tertiary/aromatic N) is 13. The third kappa shape index (κ3) is 21.9. The molecule has 0 amide bonds. The number of fused-ring (bicyclic) bond motifs is 7. The molecule has 62 nitrogen and oxygen atoms in total. The summed E-state index contributed by atoms with van der Waals surface area (Å²) in [4.78, 5) is 206. The number of phosphoric acid groups is 2. The number of hydrogen-bond donors (Lipinski definition) is 15. The molecule has 4 bridgehead atoms. The van der Waals surface area contributed by atoms with Gasteiger partial charge in [0.25, 0.3) is 27.8 Å². The maximum absolute atomic E-state index is 15.5. The molecule has 16 unspecified atom stereocenters. The lowest BCUT2D eigenvalue weighted by atomic mass is 9.94. The van der Waals surface area contributed by atoms with Gasteiger partial charge in [0.2, 0.25) is 11.9 Å². The van der Waals surface area contributed by atoms with E-state index in [0.29, 0.717) is 0 Å². The fourth-order valence-corrected chi connectivity index (χ4v) is 25.0. The predicted octanol–water partition coefficient (Wildman–Crippen LogP) is -2.12. The van der Waals surface area contributed by atoms with E-state index >= 15 is 9.13 Å². The minimum atomic E-state index is -5.99. The molecule has 17 heterocycles. The predicted molar refractivity (Wildman–Crippen MR) is 494 cm³/mol. The van der Waals surface area contributed by atoms with E-state index in [2.05, 4.69) is 72.1 Å². The average molecular weight is 2210 g/mol. The highest BCUT2D eigenvalue weighted by Gasteiger charge is 2.71. The monoisotopic (exact) mass is 2210 g/mol. The van der Waals surface area contributed by atoms with Crippen LogP contribution in [0, 0.1) is 20.8 Å². The Balaban J connectivity index is 0.649. The standard InChI is InChI=1S/C71H95N21O41P6S4/c1-28-15-87(67(99)84-56(28)94)39-13-33(128-136(106,140)112-8)36(122-39)19-116-137(107,141)129-34-14-40(88-16-29(2)57(95)85-68(88)100)123-37(34)20-117-138(108,142)133-51-49-64(92-27-79-43-55(92)81-66(74)83-60(43)98)126-70(51,31(4)121-49)22-118-135(104,105)130-45-38(125-61(47(45)114-12-10-111-7)89-17-30(3)58(96)86-69(89)101)21-115-134(102,103)132-50-48-63(91-26-78-42-54(91)80-65(73)82-59(42)97)127-71(50,32(5)120-48)23-119-139(109,143)131-44-35(18-93)124-62(46(44)113-11-9-110-6)90-25-77-41-52(72)75-24-76-53(41)90/h15-17,24-27,31-40,44-51,61-64,93H,9-14,18-23H2,1-8H3,(H,102,103)(H,104,105)(H,106,140)(H,107,141)(H,108,142)(H,109,143)(H2,72,75,76)(H,84,94,99)(H,85,95,100)(H,86,96,101)(H3,73,80,82,97)(H3,74,81,83,98)/t31-,32-,33?,34?,35+,36+,37+,38+,39+,40+,44?,45?,46-,47-,48-,49-,50?,51?,61?,62?,63?,64?,70-,71-,136?,137?,138?,139?/m0/s1. The first kappa shape index (κ1) is 107. The number of H-pyrrole nitrogens is 5. The Bertz CT molecular complexity index is 7160. The zero-order valence-corrected chi connectivity index (χ0v) is 84.3. The third-order valence-corrected chi connectivity index (χ3v) is 32.9. The van der Waals surface area contributed by atoms with E-state index in [4.69, 9.17) is 164 Å². The van der Waals surface area contributed by atoms with Crippen molar-refractivity contribution in [2.45, 2.75) is 194 Å². The molecule has 8 saturated heterocycles. The largest absolute Gasteiger partial charge is 0.472 e. The lowest BCUT2D eigenvalue weighted by Crippen LogP contribution is -2.50. The van der Waals surface area contributed by atoms with E-state index in [1.54, 1.807) is 0 Å². The number of hydrogen-bond acceptors (Lipinski definition) is 49. The number of phosphoric ester groups is 2. The van der Waals surface area contributed by atoms with Crippen LogP contribution in [0.5, 0.6) is 0 Å². The fourth-order valence-electron chi connectivity index (χ4n) is 17.6. The number of thiol groups is 1. The summed E-state index contributed by atoms with van der Waals surface area (Å²) < 4.78 is 198. The number of methoxy groups -OCH3 is 2.